The summed E-state index contributed by atoms with van der Waals surface area (Å²) < 4.78 is 2.15. The summed E-state index contributed by atoms with van der Waals surface area (Å²) >= 11 is 0. The Morgan fingerprint density at radius 2 is 1.78 bits per heavy atom. The van der Waals surface area contributed by atoms with Crippen LogP contribution in [0.5, 0.6) is 0 Å². The van der Waals surface area contributed by atoms with E-state index in [0.29, 0.717) is 0 Å². The van der Waals surface area contributed by atoms with Crippen LogP contribution >= 0.6 is 0 Å². The molecule has 0 unspecified atom stereocenters. The van der Waals surface area contributed by atoms with E-state index < -0.39 is 0 Å². The van der Waals surface area contributed by atoms with E-state index in [1.54, 1.807) is 0 Å². The van der Waals surface area contributed by atoms with Gasteiger partial charge in [-0.15, -0.1) is 0 Å². The molecule has 90 valence electrons. The van der Waals surface area contributed by atoms with Crippen molar-refractivity contribution in [2.75, 3.05) is 0 Å². The van der Waals surface area contributed by atoms with E-state index in [1.807, 2.05) is 18.5 Å². The fraction of sp³-hybridized carbons (Fsp3) is 0.200. The number of nitrogens with zero attached hydrogens (tertiary/aromatic N) is 3. The van der Waals surface area contributed by atoms with Crippen molar-refractivity contribution in [3.63, 3.8) is 0 Å². The molecule has 0 spiro atoms. The lowest BCUT2D eigenvalue weighted by Gasteiger charge is -2.06. The van der Waals surface area contributed by atoms with Gasteiger partial charge in [-0.3, -0.25) is 9.38 Å². The van der Waals surface area contributed by atoms with Crippen molar-refractivity contribution < 1.29 is 0 Å². The van der Waals surface area contributed by atoms with Crippen LogP contribution in [0.15, 0.2) is 36.7 Å². The highest BCUT2D eigenvalue weighted by atomic mass is 15.0. The molecule has 0 aliphatic rings. The van der Waals surface area contributed by atoms with Gasteiger partial charge >= 0.3 is 0 Å². The minimum Gasteiger partial charge on any atom is -0.295 e. The van der Waals surface area contributed by atoms with Gasteiger partial charge in [0.05, 0.1) is 17.6 Å². The number of aryl methyl sites for hydroxylation is 3. The van der Waals surface area contributed by atoms with Gasteiger partial charge in [0.2, 0.25) is 0 Å². The van der Waals surface area contributed by atoms with Crippen molar-refractivity contribution in [3.05, 3.63) is 53.5 Å². The Bertz CT molecular complexity index is 726. The predicted molar refractivity (Wildman–Crippen MR) is 72.6 cm³/mol. The van der Waals surface area contributed by atoms with Crippen molar-refractivity contribution in [2.45, 2.75) is 20.8 Å². The van der Waals surface area contributed by atoms with Gasteiger partial charge in [0.1, 0.15) is 5.65 Å². The fourth-order valence-corrected chi connectivity index (χ4v) is 2.33. The highest BCUT2D eigenvalue weighted by molar-refractivity contribution is 5.62. The van der Waals surface area contributed by atoms with Gasteiger partial charge in [0, 0.05) is 11.9 Å². The maximum atomic E-state index is 4.47. The number of pyridine rings is 2. The van der Waals surface area contributed by atoms with Crippen LogP contribution in [0.2, 0.25) is 0 Å². The van der Waals surface area contributed by atoms with Crippen LogP contribution in [-0.2, 0) is 0 Å². The third kappa shape index (κ3) is 1.68. The number of imidazole rings is 1. The lowest BCUT2D eigenvalue weighted by molar-refractivity contribution is 1.07. The third-order valence-corrected chi connectivity index (χ3v) is 3.11. The smallest absolute Gasteiger partial charge is 0.137 e. The van der Waals surface area contributed by atoms with E-state index in [4.69, 9.17) is 0 Å². The van der Waals surface area contributed by atoms with E-state index in [2.05, 4.69) is 53.3 Å². The number of fused-ring (bicyclic) bond motifs is 1. The van der Waals surface area contributed by atoms with Crippen LogP contribution in [0.4, 0.5) is 0 Å². The van der Waals surface area contributed by atoms with Gasteiger partial charge in [-0.25, -0.2) is 4.98 Å². The minimum atomic E-state index is 0.967. The third-order valence-electron chi connectivity index (χ3n) is 3.11. The van der Waals surface area contributed by atoms with Gasteiger partial charge in [-0.05, 0) is 56.2 Å². The minimum absolute atomic E-state index is 0.967. The second-order valence-electron chi connectivity index (χ2n) is 4.73. The molecule has 0 atom stereocenters. The molecule has 0 aliphatic carbocycles. The van der Waals surface area contributed by atoms with Crippen LogP contribution in [0, 0.1) is 20.8 Å². The first-order chi connectivity index (χ1) is 8.65. The SMILES string of the molecule is Cc1ccnc(-c2cnc3cc(C)cc(C)n23)c1. The van der Waals surface area contributed by atoms with Gasteiger partial charge in [0.15, 0.2) is 0 Å². The zero-order valence-corrected chi connectivity index (χ0v) is 10.8. The first kappa shape index (κ1) is 11.0. The maximum absolute atomic E-state index is 4.47. The van der Waals surface area contributed by atoms with Gasteiger partial charge in [-0.1, -0.05) is 0 Å². The molecule has 0 saturated heterocycles. The molecule has 3 heteroatoms. The second kappa shape index (κ2) is 3.95. The Hall–Kier alpha value is -2.16. The van der Waals surface area contributed by atoms with Crippen LogP contribution in [-0.4, -0.2) is 14.4 Å². The summed E-state index contributed by atoms with van der Waals surface area (Å²) in [5, 5.41) is 0. The fourth-order valence-electron chi connectivity index (χ4n) is 2.33. The normalized spacial score (nSPS) is 11.1. The van der Waals surface area contributed by atoms with Crippen molar-refractivity contribution in [1.29, 1.82) is 0 Å². The van der Waals surface area contributed by atoms with Crippen molar-refractivity contribution >= 4 is 5.65 Å². The van der Waals surface area contributed by atoms with Gasteiger partial charge < -0.3 is 0 Å². The lowest BCUT2D eigenvalue weighted by Crippen LogP contribution is -1.96. The highest BCUT2D eigenvalue weighted by Gasteiger charge is 2.09. The standard InChI is InChI=1S/C15H15N3/c1-10-4-5-16-13(7-10)14-9-17-15-8-11(2)6-12(3)18(14)15/h4-9H,1-3H3. The van der Waals surface area contributed by atoms with Crippen LogP contribution in [0.1, 0.15) is 16.8 Å². The van der Waals surface area contributed by atoms with Crippen molar-refractivity contribution in [1.82, 2.24) is 14.4 Å². The van der Waals surface area contributed by atoms with E-state index in [9.17, 15) is 0 Å². The summed E-state index contributed by atoms with van der Waals surface area (Å²) in [4.78, 5) is 8.90. The first-order valence-electron chi connectivity index (χ1n) is 6.03. The summed E-state index contributed by atoms with van der Waals surface area (Å²) in [5.74, 6) is 0. The molecule has 0 saturated carbocycles. The van der Waals surface area contributed by atoms with Gasteiger partial charge in [0.25, 0.3) is 0 Å². The topological polar surface area (TPSA) is 30.2 Å². The number of rotatable bonds is 1. The maximum Gasteiger partial charge on any atom is 0.137 e. The molecular formula is C15H15N3. The molecule has 0 fully saturated rings. The number of aromatic nitrogens is 3. The molecule has 0 amide bonds. The molecule has 0 radical (unpaired) electrons. The van der Waals surface area contributed by atoms with E-state index in [0.717, 1.165) is 17.0 Å². The summed E-state index contributed by atoms with van der Waals surface area (Å²) in [5.41, 5.74) is 6.61. The molecule has 3 aromatic rings. The molecule has 18 heavy (non-hydrogen) atoms. The summed E-state index contributed by atoms with van der Waals surface area (Å²) in [6.45, 7) is 6.26. The van der Waals surface area contributed by atoms with Crippen molar-refractivity contribution in [3.8, 4) is 11.4 Å². The van der Waals surface area contributed by atoms with Crippen LogP contribution < -0.4 is 0 Å². The highest BCUT2D eigenvalue weighted by Crippen LogP contribution is 2.22. The van der Waals surface area contributed by atoms with Crippen LogP contribution in [0.3, 0.4) is 0 Å². The zero-order valence-electron chi connectivity index (χ0n) is 10.8. The van der Waals surface area contributed by atoms with E-state index in [1.165, 1.54) is 16.8 Å². The molecule has 0 aliphatic heterocycles. The summed E-state index contributed by atoms with van der Waals surface area (Å²) in [7, 11) is 0. The Labute approximate surface area is 106 Å². The first-order valence-corrected chi connectivity index (χ1v) is 6.03. The second-order valence-corrected chi connectivity index (χ2v) is 4.73. The number of hydrogen-bond acceptors (Lipinski definition) is 2. The molecule has 3 rings (SSSR count). The average Bonchev–Trinajstić information content (AvgIpc) is 2.72. The molecule has 0 N–H and O–H groups in total. The lowest BCUT2D eigenvalue weighted by atomic mass is 10.2. The molecule has 3 aromatic heterocycles. The Morgan fingerprint density at radius 3 is 2.56 bits per heavy atom. The molecule has 3 heterocycles. The van der Waals surface area contributed by atoms with E-state index in [-0.39, 0.29) is 0 Å². The molecular weight excluding hydrogens is 222 g/mol. The van der Waals surface area contributed by atoms with Crippen LogP contribution in [0.25, 0.3) is 17.0 Å². The molecule has 0 aromatic carbocycles. The Balaban J connectivity index is 2.31. The largest absolute Gasteiger partial charge is 0.295 e. The summed E-state index contributed by atoms with van der Waals surface area (Å²) in [6, 6.07) is 8.34. The van der Waals surface area contributed by atoms with E-state index >= 15 is 0 Å². The predicted octanol–water partition coefficient (Wildman–Crippen LogP) is 3.32. The molecule has 3 nitrogen and oxygen atoms in total. The molecule has 0 bridgehead atoms. The quantitative estimate of drug-likeness (QED) is 0.650. The van der Waals surface area contributed by atoms with Crippen molar-refractivity contribution in [2.24, 2.45) is 0 Å². The Kier molecular flexibility index (Phi) is 2.40. The average molecular weight is 237 g/mol. The summed E-state index contributed by atoms with van der Waals surface area (Å²) in [6.07, 6.45) is 3.73. The number of hydrogen-bond donors (Lipinski definition) is 0. The van der Waals surface area contributed by atoms with Gasteiger partial charge in [-0.2, -0.15) is 0 Å². The Morgan fingerprint density at radius 1 is 0.944 bits per heavy atom. The zero-order chi connectivity index (χ0) is 12.7. The monoisotopic (exact) mass is 237 g/mol.